The summed E-state index contributed by atoms with van der Waals surface area (Å²) in [4.78, 5) is 40.6. The second-order valence-corrected chi connectivity index (χ2v) is 14.7. The highest BCUT2D eigenvalue weighted by atomic mass is 32.2. The summed E-state index contributed by atoms with van der Waals surface area (Å²) < 4.78 is 34.3. The molecule has 13 heteroatoms. The van der Waals surface area contributed by atoms with Gasteiger partial charge in [0, 0.05) is 38.0 Å². The molecule has 3 amide bonds. The highest BCUT2D eigenvalue weighted by Crippen LogP contribution is 2.31. The number of nitrogens with one attached hydrogen (secondary N) is 2. The van der Waals surface area contributed by atoms with Gasteiger partial charge in [-0.25, -0.2) is 8.42 Å². The second kappa shape index (κ2) is 16.8. The van der Waals surface area contributed by atoms with Gasteiger partial charge in [0.15, 0.2) is 0 Å². The fourth-order valence-corrected chi connectivity index (χ4v) is 6.74. The first-order valence-corrected chi connectivity index (χ1v) is 17.9. The molecular formula is C36H47N5O7S. The summed E-state index contributed by atoms with van der Waals surface area (Å²) in [6.07, 6.45) is 1.75. The first-order chi connectivity index (χ1) is 23.3. The number of rotatable bonds is 14. The number of nitrogens with two attached hydrogens (primary N) is 1. The number of ether oxygens (including phenoxy) is 1. The Labute approximate surface area is 288 Å². The maximum Gasteiger partial charge on any atom is 0.258 e. The number of sulfonamides is 1. The van der Waals surface area contributed by atoms with Crippen molar-refractivity contribution in [3.05, 3.63) is 77.9 Å². The number of nitrogen functional groups attached to an aromatic ring is 1. The van der Waals surface area contributed by atoms with Gasteiger partial charge < -0.3 is 31.1 Å². The number of unbranched alkanes of at least 4 members (excludes halogenated alkanes) is 2. The molecule has 0 fully saturated rings. The van der Waals surface area contributed by atoms with Crippen molar-refractivity contribution in [3.8, 4) is 5.75 Å². The Kier molecular flexibility index (Phi) is 12.8. The van der Waals surface area contributed by atoms with Gasteiger partial charge in [0.2, 0.25) is 21.8 Å². The topological polar surface area (TPSA) is 171 Å². The van der Waals surface area contributed by atoms with E-state index in [2.05, 4.69) is 10.6 Å². The van der Waals surface area contributed by atoms with Crippen LogP contribution in [-0.4, -0.2) is 79.3 Å². The number of aliphatic hydroxyl groups is 1. The van der Waals surface area contributed by atoms with Crippen LogP contribution in [0.15, 0.2) is 71.6 Å². The minimum Gasteiger partial charge on any atom is -0.488 e. The molecule has 1 aliphatic heterocycles. The van der Waals surface area contributed by atoms with Crippen molar-refractivity contribution in [3.63, 3.8) is 0 Å². The van der Waals surface area contributed by atoms with Gasteiger partial charge in [-0.1, -0.05) is 43.2 Å². The third kappa shape index (κ3) is 9.80. The minimum atomic E-state index is -3.81. The van der Waals surface area contributed by atoms with Crippen LogP contribution in [0.3, 0.4) is 0 Å². The first kappa shape index (κ1) is 37.4. The number of aryl methyl sites for hydroxylation is 1. The Morgan fingerprint density at radius 3 is 2.33 bits per heavy atom. The lowest BCUT2D eigenvalue weighted by Crippen LogP contribution is -2.50. The molecule has 12 nitrogen and oxygen atoms in total. The molecule has 0 aliphatic carbocycles. The van der Waals surface area contributed by atoms with Gasteiger partial charge in [-0.3, -0.25) is 14.4 Å². The van der Waals surface area contributed by atoms with Crippen molar-refractivity contribution in [2.45, 2.75) is 69.9 Å². The second-order valence-electron chi connectivity index (χ2n) is 12.7. The van der Waals surface area contributed by atoms with E-state index in [0.717, 1.165) is 5.56 Å². The molecule has 3 aromatic carbocycles. The largest absolute Gasteiger partial charge is 0.488 e. The summed E-state index contributed by atoms with van der Waals surface area (Å²) >= 11 is 0. The highest BCUT2D eigenvalue weighted by molar-refractivity contribution is 7.89. The van der Waals surface area contributed by atoms with Crippen molar-refractivity contribution >= 4 is 44.8 Å². The highest BCUT2D eigenvalue weighted by Gasteiger charge is 2.35. The van der Waals surface area contributed by atoms with E-state index in [0.29, 0.717) is 42.7 Å². The van der Waals surface area contributed by atoms with E-state index in [-0.39, 0.29) is 66.0 Å². The smallest absolute Gasteiger partial charge is 0.258 e. The normalized spacial score (nSPS) is 17.0. The van der Waals surface area contributed by atoms with E-state index in [1.807, 2.05) is 13.8 Å². The van der Waals surface area contributed by atoms with E-state index in [1.165, 1.54) is 11.4 Å². The van der Waals surface area contributed by atoms with Crippen LogP contribution in [0.2, 0.25) is 0 Å². The number of benzene rings is 3. The van der Waals surface area contributed by atoms with Crippen LogP contribution in [-0.2, 0) is 19.6 Å². The number of aliphatic hydroxyl groups excluding tert-OH is 1. The molecule has 0 saturated heterocycles. The van der Waals surface area contributed by atoms with E-state index in [9.17, 15) is 27.9 Å². The number of hydrogen-bond acceptors (Lipinski definition) is 8. The van der Waals surface area contributed by atoms with Crippen molar-refractivity contribution < 1.29 is 32.6 Å². The molecule has 0 bridgehead atoms. The zero-order valence-electron chi connectivity index (χ0n) is 28.5. The lowest BCUT2D eigenvalue weighted by Gasteiger charge is -2.38. The summed E-state index contributed by atoms with van der Waals surface area (Å²) in [6, 6.07) is 17.9. The van der Waals surface area contributed by atoms with E-state index < -0.39 is 22.2 Å². The number of hydrogen-bond donors (Lipinski definition) is 4. The Morgan fingerprint density at radius 2 is 1.67 bits per heavy atom. The molecule has 0 saturated carbocycles. The van der Waals surface area contributed by atoms with Gasteiger partial charge in [-0.15, -0.1) is 0 Å². The Bertz CT molecular complexity index is 1730. The molecule has 0 aromatic heterocycles. The molecule has 49 heavy (non-hydrogen) atoms. The number of fused-ring (bicyclic) bond motifs is 1. The van der Waals surface area contributed by atoms with Crippen LogP contribution in [0.4, 0.5) is 17.1 Å². The van der Waals surface area contributed by atoms with Crippen LogP contribution in [0.5, 0.6) is 5.75 Å². The van der Waals surface area contributed by atoms with Gasteiger partial charge in [-0.2, -0.15) is 4.31 Å². The molecule has 264 valence electrons. The van der Waals surface area contributed by atoms with Gasteiger partial charge in [0.25, 0.3) is 5.91 Å². The number of nitrogens with zero attached hydrogens (tertiary/aromatic N) is 2. The van der Waals surface area contributed by atoms with Gasteiger partial charge in [0.05, 0.1) is 41.0 Å². The third-order valence-electron chi connectivity index (χ3n) is 8.66. The molecule has 5 N–H and O–H groups in total. The zero-order chi connectivity index (χ0) is 35.7. The molecule has 3 aromatic rings. The average molecular weight is 694 g/mol. The van der Waals surface area contributed by atoms with Crippen LogP contribution in [0.1, 0.15) is 61.9 Å². The molecule has 3 atom stereocenters. The fourth-order valence-electron chi connectivity index (χ4n) is 5.55. The molecule has 0 spiro atoms. The number of carbonyl (C=O) groups is 3. The molecule has 1 aliphatic rings. The molecule has 0 radical (unpaired) electrons. The SMILES string of the molecule is Cc1ccc(S(=O)(=O)N(C)C[C@H]2Oc3ccc(NC(=O)CCCCCC(=O)Nc4ccccc4N)cc3C(=O)N([C@@H](C)CO)C[C@@H]2C)cc1. The van der Waals surface area contributed by atoms with Crippen LogP contribution < -0.4 is 21.1 Å². The van der Waals surface area contributed by atoms with Gasteiger partial charge >= 0.3 is 0 Å². The minimum absolute atomic E-state index is 0.0206. The van der Waals surface area contributed by atoms with Crippen molar-refractivity contribution in [2.75, 3.05) is 43.1 Å². The fraction of sp³-hybridized carbons (Fsp3) is 0.417. The monoisotopic (exact) mass is 693 g/mol. The summed E-state index contributed by atoms with van der Waals surface area (Å²) in [5, 5.41) is 15.6. The zero-order valence-corrected chi connectivity index (χ0v) is 29.3. The average Bonchev–Trinajstić information content (AvgIpc) is 3.07. The quantitative estimate of drug-likeness (QED) is 0.140. The van der Waals surface area contributed by atoms with Crippen LogP contribution in [0.25, 0.3) is 0 Å². The summed E-state index contributed by atoms with van der Waals surface area (Å²) in [7, 11) is -2.31. The lowest BCUT2D eigenvalue weighted by molar-refractivity contribution is -0.116. The predicted octanol–water partition coefficient (Wildman–Crippen LogP) is 4.65. The first-order valence-electron chi connectivity index (χ1n) is 16.5. The molecular weight excluding hydrogens is 646 g/mol. The maximum absolute atomic E-state index is 13.8. The number of para-hydroxylation sites is 2. The van der Waals surface area contributed by atoms with Crippen molar-refractivity contribution in [2.24, 2.45) is 5.92 Å². The Morgan fingerprint density at radius 1 is 1.02 bits per heavy atom. The summed E-state index contributed by atoms with van der Waals surface area (Å²) in [5.74, 6) is -0.782. The standard InChI is InChI=1S/C36H47N5O7S/c1-24-14-17-28(18-15-24)49(46,47)40(4)22-33-25(2)21-41(26(3)23-42)36(45)29-20-27(16-19-32(29)48-33)38-34(43)12-6-5-7-13-35(44)39-31-11-9-8-10-30(31)37/h8-11,14-20,25-26,33,42H,5-7,12-13,21-23,37H2,1-4H3,(H,38,43)(H,39,44)/t25-,26-,33+/m0/s1. The van der Waals surface area contributed by atoms with Gasteiger partial charge in [0.1, 0.15) is 11.9 Å². The van der Waals surface area contributed by atoms with Crippen molar-refractivity contribution in [1.82, 2.24) is 9.21 Å². The van der Waals surface area contributed by atoms with E-state index in [4.69, 9.17) is 10.5 Å². The molecule has 1 heterocycles. The Hall–Kier alpha value is -4.46. The van der Waals surface area contributed by atoms with E-state index in [1.54, 1.807) is 78.6 Å². The lowest BCUT2D eigenvalue weighted by atomic mass is 9.99. The van der Waals surface area contributed by atoms with Crippen molar-refractivity contribution in [1.29, 1.82) is 0 Å². The van der Waals surface area contributed by atoms with Crippen LogP contribution >= 0.6 is 0 Å². The number of carbonyl (C=O) groups excluding carboxylic acids is 3. The van der Waals surface area contributed by atoms with Crippen LogP contribution in [0, 0.1) is 12.8 Å². The molecule has 4 rings (SSSR count). The van der Waals surface area contributed by atoms with E-state index >= 15 is 0 Å². The number of anilines is 3. The number of amides is 3. The maximum atomic E-state index is 13.8. The predicted molar refractivity (Wildman–Crippen MR) is 190 cm³/mol. The number of likely N-dealkylation sites (N-methyl/N-ethyl adjacent to an activating group) is 1. The third-order valence-corrected chi connectivity index (χ3v) is 10.5. The summed E-state index contributed by atoms with van der Waals surface area (Å²) in [5.41, 5.74) is 8.49. The summed E-state index contributed by atoms with van der Waals surface area (Å²) in [6.45, 7) is 5.48. The van der Waals surface area contributed by atoms with Gasteiger partial charge in [-0.05, 0) is 69.2 Å². The molecule has 0 unspecified atom stereocenters. The Balaban J connectivity index is 1.40.